The Bertz CT molecular complexity index is 384. The highest BCUT2D eigenvalue weighted by Crippen LogP contribution is 2.30. The predicted molar refractivity (Wildman–Crippen MR) is 72.3 cm³/mol. The first-order chi connectivity index (χ1) is 8.24. The van der Waals surface area contributed by atoms with Crippen LogP contribution in [0.1, 0.15) is 18.4 Å². The zero-order valence-electron chi connectivity index (χ0n) is 10.0. The molecule has 0 amide bonds. The number of nitrogens with zero attached hydrogens (tertiary/aromatic N) is 1. The van der Waals surface area contributed by atoms with Gasteiger partial charge in [0.15, 0.2) is 0 Å². The van der Waals surface area contributed by atoms with E-state index < -0.39 is 0 Å². The first-order valence-electron chi connectivity index (χ1n) is 5.91. The summed E-state index contributed by atoms with van der Waals surface area (Å²) in [6, 6.07) is 6.01. The number of hydrogen-bond acceptors (Lipinski definition) is 3. The number of anilines is 1. The summed E-state index contributed by atoms with van der Waals surface area (Å²) in [5.74, 6) is 0. The van der Waals surface area contributed by atoms with Gasteiger partial charge in [0.2, 0.25) is 0 Å². The van der Waals surface area contributed by atoms with Crippen molar-refractivity contribution in [2.45, 2.75) is 25.6 Å². The molecule has 0 spiro atoms. The molecule has 1 aliphatic heterocycles. The minimum Gasteiger partial charge on any atom is -0.392 e. The second-order valence-electron chi connectivity index (χ2n) is 4.39. The van der Waals surface area contributed by atoms with Gasteiger partial charge in [-0.15, -0.1) is 0 Å². The molecule has 3 nitrogen and oxygen atoms in total. The number of methoxy groups -OCH3 is 1. The summed E-state index contributed by atoms with van der Waals surface area (Å²) >= 11 is 3.57. The molecular formula is C13H18BrNO2. The summed E-state index contributed by atoms with van der Waals surface area (Å²) in [6.45, 7) is 2.09. The lowest BCUT2D eigenvalue weighted by Gasteiger charge is -2.34. The van der Waals surface area contributed by atoms with Gasteiger partial charge in [-0.3, -0.25) is 0 Å². The van der Waals surface area contributed by atoms with Crippen molar-refractivity contribution in [3.8, 4) is 0 Å². The molecule has 1 aromatic rings. The number of ether oxygens (including phenoxy) is 1. The monoisotopic (exact) mass is 299 g/mol. The molecule has 1 unspecified atom stereocenters. The van der Waals surface area contributed by atoms with Crippen LogP contribution in [0.3, 0.4) is 0 Å². The Morgan fingerprint density at radius 1 is 1.53 bits per heavy atom. The third-order valence-corrected chi connectivity index (χ3v) is 3.88. The number of aliphatic hydroxyl groups is 1. The summed E-state index contributed by atoms with van der Waals surface area (Å²) in [5, 5.41) is 9.09. The molecule has 1 aliphatic rings. The summed E-state index contributed by atoms with van der Waals surface area (Å²) in [5.41, 5.74) is 2.12. The standard InChI is InChI=1S/C13H18BrNO2/c1-17-11-3-2-6-15(8-11)13-5-4-10(9-16)7-12(13)14/h4-5,7,11,16H,2-3,6,8-9H2,1H3. The van der Waals surface area contributed by atoms with Crippen molar-refractivity contribution < 1.29 is 9.84 Å². The molecule has 0 radical (unpaired) electrons. The Hall–Kier alpha value is -0.580. The van der Waals surface area contributed by atoms with E-state index >= 15 is 0 Å². The fraction of sp³-hybridized carbons (Fsp3) is 0.538. The van der Waals surface area contributed by atoms with E-state index in [0.29, 0.717) is 6.10 Å². The van der Waals surface area contributed by atoms with Crippen LogP contribution < -0.4 is 4.90 Å². The predicted octanol–water partition coefficient (Wildman–Crippen LogP) is 2.56. The van der Waals surface area contributed by atoms with Gasteiger partial charge in [-0.2, -0.15) is 0 Å². The van der Waals surface area contributed by atoms with Crippen molar-refractivity contribution in [2.24, 2.45) is 0 Å². The van der Waals surface area contributed by atoms with Crippen LogP contribution in [0.25, 0.3) is 0 Å². The molecule has 1 aromatic carbocycles. The maximum absolute atomic E-state index is 9.09. The smallest absolute Gasteiger partial charge is 0.0746 e. The highest BCUT2D eigenvalue weighted by Gasteiger charge is 2.20. The van der Waals surface area contributed by atoms with Gasteiger partial charge in [-0.25, -0.2) is 0 Å². The van der Waals surface area contributed by atoms with Gasteiger partial charge in [0.1, 0.15) is 0 Å². The second kappa shape index (κ2) is 5.85. The van der Waals surface area contributed by atoms with E-state index in [1.807, 2.05) is 12.1 Å². The second-order valence-corrected chi connectivity index (χ2v) is 5.24. The van der Waals surface area contributed by atoms with Crippen molar-refractivity contribution in [1.29, 1.82) is 0 Å². The van der Waals surface area contributed by atoms with Gasteiger partial charge in [-0.05, 0) is 46.5 Å². The average molecular weight is 300 g/mol. The van der Waals surface area contributed by atoms with E-state index in [1.165, 1.54) is 5.69 Å². The molecule has 1 fully saturated rings. The molecule has 2 rings (SSSR count). The zero-order chi connectivity index (χ0) is 12.3. The quantitative estimate of drug-likeness (QED) is 0.931. The zero-order valence-corrected chi connectivity index (χ0v) is 11.6. The van der Waals surface area contributed by atoms with E-state index in [0.717, 1.165) is 36.0 Å². The van der Waals surface area contributed by atoms with E-state index in [1.54, 1.807) is 7.11 Å². The van der Waals surface area contributed by atoms with Crippen LogP contribution in [0.5, 0.6) is 0 Å². The number of hydrogen-bond donors (Lipinski definition) is 1. The fourth-order valence-corrected chi connectivity index (χ4v) is 2.93. The van der Waals surface area contributed by atoms with Crippen LogP contribution in [-0.4, -0.2) is 31.4 Å². The Kier molecular flexibility index (Phi) is 4.42. The van der Waals surface area contributed by atoms with E-state index in [9.17, 15) is 0 Å². The number of halogens is 1. The summed E-state index contributed by atoms with van der Waals surface area (Å²) in [4.78, 5) is 2.34. The number of aliphatic hydroxyl groups excluding tert-OH is 1. The lowest BCUT2D eigenvalue weighted by Crippen LogP contribution is -2.39. The van der Waals surface area contributed by atoms with Crippen LogP contribution in [0.4, 0.5) is 5.69 Å². The first-order valence-corrected chi connectivity index (χ1v) is 6.71. The fourth-order valence-electron chi connectivity index (χ4n) is 2.25. The summed E-state index contributed by atoms with van der Waals surface area (Å²) in [6.07, 6.45) is 2.62. The lowest BCUT2D eigenvalue weighted by atomic mass is 10.1. The van der Waals surface area contributed by atoms with Gasteiger partial charge < -0.3 is 14.7 Å². The largest absolute Gasteiger partial charge is 0.392 e. The third-order valence-electron chi connectivity index (χ3n) is 3.25. The third kappa shape index (κ3) is 3.00. The van der Waals surface area contributed by atoms with Gasteiger partial charge in [-0.1, -0.05) is 6.07 Å². The normalized spacial score (nSPS) is 20.6. The molecule has 1 heterocycles. The molecule has 1 N–H and O–H groups in total. The molecular weight excluding hydrogens is 282 g/mol. The van der Waals surface area contributed by atoms with Gasteiger partial charge in [0.05, 0.1) is 18.4 Å². The van der Waals surface area contributed by atoms with Crippen LogP contribution in [-0.2, 0) is 11.3 Å². The molecule has 1 saturated heterocycles. The van der Waals surface area contributed by atoms with E-state index in [4.69, 9.17) is 9.84 Å². The highest BCUT2D eigenvalue weighted by atomic mass is 79.9. The number of rotatable bonds is 3. The lowest BCUT2D eigenvalue weighted by molar-refractivity contribution is 0.0893. The Morgan fingerprint density at radius 2 is 2.35 bits per heavy atom. The highest BCUT2D eigenvalue weighted by molar-refractivity contribution is 9.10. The van der Waals surface area contributed by atoms with Gasteiger partial charge in [0.25, 0.3) is 0 Å². The van der Waals surface area contributed by atoms with Crippen molar-refractivity contribution in [3.63, 3.8) is 0 Å². The maximum atomic E-state index is 9.09. The first kappa shape index (κ1) is 12.9. The Labute approximate surface area is 111 Å². The van der Waals surface area contributed by atoms with Gasteiger partial charge >= 0.3 is 0 Å². The molecule has 1 atom stereocenters. The van der Waals surface area contributed by atoms with E-state index in [-0.39, 0.29) is 6.61 Å². The van der Waals surface area contributed by atoms with Crippen LogP contribution in [0, 0.1) is 0 Å². The SMILES string of the molecule is COC1CCCN(c2ccc(CO)cc2Br)C1. The summed E-state index contributed by atoms with van der Waals surface area (Å²) < 4.78 is 6.47. The van der Waals surface area contributed by atoms with Crippen molar-refractivity contribution in [2.75, 3.05) is 25.1 Å². The Morgan fingerprint density at radius 3 is 3.00 bits per heavy atom. The molecule has 17 heavy (non-hydrogen) atoms. The minimum atomic E-state index is 0.0829. The van der Waals surface area contributed by atoms with Crippen molar-refractivity contribution in [1.82, 2.24) is 0 Å². The number of piperidine rings is 1. The Balaban J connectivity index is 2.16. The summed E-state index contributed by atoms with van der Waals surface area (Å²) in [7, 11) is 1.78. The average Bonchev–Trinajstić information content (AvgIpc) is 2.38. The number of benzene rings is 1. The molecule has 94 valence electrons. The molecule has 0 aromatic heterocycles. The topological polar surface area (TPSA) is 32.7 Å². The van der Waals surface area contributed by atoms with Crippen molar-refractivity contribution in [3.05, 3.63) is 28.2 Å². The maximum Gasteiger partial charge on any atom is 0.0746 e. The van der Waals surface area contributed by atoms with Crippen LogP contribution >= 0.6 is 15.9 Å². The molecule has 0 saturated carbocycles. The molecule has 4 heteroatoms. The van der Waals surface area contributed by atoms with Gasteiger partial charge in [0, 0.05) is 24.7 Å². The minimum absolute atomic E-state index is 0.0829. The van der Waals surface area contributed by atoms with Crippen LogP contribution in [0.15, 0.2) is 22.7 Å². The molecule has 0 bridgehead atoms. The van der Waals surface area contributed by atoms with E-state index in [2.05, 4.69) is 26.9 Å². The molecule has 0 aliphatic carbocycles. The van der Waals surface area contributed by atoms with Crippen LogP contribution in [0.2, 0.25) is 0 Å². The van der Waals surface area contributed by atoms with Crippen molar-refractivity contribution >= 4 is 21.6 Å².